The number of hydrogen-bond acceptors (Lipinski definition) is 4. The first kappa shape index (κ1) is 18.7. The van der Waals surface area contributed by atoms with Crippen LogP contribution in [0.5, 0.6) is 0 Å². The van der Waals surface area contributed by atoms with Gasteiger partial charge in [0.1, 0.15) is 4.90 Å². The third kappa shape index (κ3) is 3.83. The average Bonchev–Trinajstić information content (AvgIpc) is 3.25. The standard InChI is InChI=1S/C17H25N5O3S/c1-14-17(15(2)19-18-14)26(24,25)22-12-10-21(11-13-22)16(23)6-5-9-20-7-3-4-8-20/h3-4,7-8H,5-6,9-13H2,1-2H3,(H,18,19). The van der Waals surface area contributed by atoms with Gasteiger partial charge >= 0.3 is 0 Å². The summed E-state index contributed by atoms with van der Waals surface area (Å²) in [6.45, 7) is 5.69. The fraction of sp³-hybridized carbons (Fsp3) is 0.529. The molecule has 142 valence electrons. The highest BCUT2D eigenvalue weighted by molar-refractivity contribution is 7.89. The number of nitrogens with zero attached hydrogens (tertiary/aromatic N) is 4. The molecule has 1 aliphatic heterocycles. The molecule has 2 aromatic rings. The highest BCUT2D eigenvalue weighted by Crippen LogP contribution is 2.22. The number of piperazine rings is 1. The van der Waals surface area contributed by atoms with Crippen molar-refractivity contribution >= 4 is 15.9 Å². The summed E-state index contributed by atoms with van der Waals surface area (Å²) < 4.78 is 29.2. The maximum atomic E-state index is 12.8. The predicted octanol–water partition coefficient (Wildman–Crippen LogP) is 1.14. The second kappa shape index (κ2) is 7.63. The molecule has 0 bridgehead atoms. The lowest BCUT2D eigenvalue weighted by Crippen LogP contribution is -2.50. The minimum absolute atomic E-state index is 0.0878. The summed E-state index contributed by atoms with van der Waals surface area (Å²) in [5, 5.41) is 6.70. The number of carbonyl (C=O) groups excluding carboxylic acids is 1. The molecule has 3 heterocycles. The van der Waals surface area contributed by atoms with Crippen LogP contribution in [-0.4, -0.2) is 64.5 Å². The Kier molecular flexibility index (Phi) is 5.47. The molecule has 0 aromatic carbocycles. The third-order valence-electron chi connectivity index (χ3n) is 4.72. The van der Waals surface area contributed by atoms with Gasteiger partial charge in [0.2, 0.25) is 15.9 Å². The first-order valence-electron chi connectivity index (χ1n) is 8.80. The van der Waals surface area contributed by atoms with Crippen molar-refractivity contribution in [3.8, 4) is 0 Å². The molecule has 8 nitrogen and oxygen atoms in total. The minimum atomic E-state index is -3.58. The molecule has 2 aromatic heterocycles. The first-order chi connectivity index (χ1) is 12.4. The monoisotopic (exact) mass is 379 g/mol. The van der Waals surface area contributed by atoms with Crippen molar-refractivity contribution in [1.29, 1.82) is 0 Å². The molecule has 26 heavy (non-hydrogen) atoms. The Labute approximate surface area is 153 Å². The molecule has 1 saturated heterocycles. The Balaban J connectivity index is 1.53. The Morgan fingerprint density at radius 1 is 1.15 bits per heavy atom. The van der Waals surface area contributed by atoms with E-state index in [2.05, 4.69) is 10.2 Å². The summed E-state index contributed by atoms with van der Waals surface area (Å²) in [6.07, 6.45) is 5.21. The Hall–Kier alpha value is -2.13. The van der Waals surface area contributed by atoms with Crippen LogP contribution in [0.3, 0.4) is 0 Å². The molecule has 1 N–H and O–H groups in total. The highest BCUT2D eigenvalue weighted by Gasteiger charge is 2.33. The summed E-state index contributed by atoms with van der Waals surface area (Å²) in [4.78, 5) is 14.4. The Morgan fingerprint density at radius 2 is 1.81 bits per heavy atom. The van der Waals surface area contributed by atoms with Crippen LogP contribution in [0.1, 0.15) is 24.2 Å². The van der Waals surface area contributed by atoms with Crippen LogP contribution < -0.4 is 0 Å². The minimum Gasteiger partial charge on any atom is -0.354 e. The zero-order valence-corrected chi connectivity index (χ0v) is 16.0. The number of hydrogen-bond donors (Lipinski definition) is 1. The number of rotatable bonds is 6. The first-order valence-corrected chi connectivity index (χ1v) is 10.2. The van der Waals surface area contributed by atoms with Crippen molar-refractivity contribution < 1.29 is 13.2 Å². The molecule has 3 rings (SSSR count). The Bertz CT molecular complexity index is 830. The lowest BCUT2D eigenvalue weighted by atomic mass is 10.2. The van der Waals surface area contributed by atoms with Crippen LogP contribution >= 0.6 is 0 Å². The van der Waals surface area contributed by atoms with Gasteiger partial charge in [-0.3, -0.25) is 9.89 Å². The fourth-order valence-electron chi connectivity index (χ4n) is 3.32. The van der Waals surface area contributed by atoms with E-state index in [9.17, 15) is 13.2 Å². The van der Waals surface area contributed by atoms with Gasteiger partial charge in [-0.25, -0.2) is 8.42 Å². The van der Waals surface area contributed by atoms with Crippen LogP contribution in [0.2, 0.25) is 0 Å². The van der Waals surface area contributed by atoms with Gasteiger partial charge in [0.25, 0.3) is 0 Å². The number of H-pyrrole nitrogens is 1. The number of amides is 1. The summed E-state index contributed by atoms with van der Waals surface area (Å²) in [6, 6.07) is 3.93. The van der Waals surface area contributed by atoms with E-state index in [1.165, 1.54) is 4.31 Å². The van der Waals surface area contributed by atoms with Crippen molar-refractivity contribution in [2.24, 2.45) is 0 Å². The van der Waals surface area contributed by atoms with E-state index in [1.54, 1.807) is 18.7 Å². The topological polar surface area (TPSA) is 91.3 Å². The smallest absolute Gasteiger partial charge is 0.246 e. The molecule has 1 fully saturated rings. The summed E-state index contributed by atoms with van der Waals surface area (Å²) in [7, 11) is -3.58. The number of aryl methyl sites for hydroxylation is 3. The predicted molar refractivity (Wildman–Crippen MR) is 97.1 cm³/mol. The highest BCUT2D eigenvalue weighted by atomic mass is 32.2. The van der Waals surface area contributed by atoms with Crippen molar-refractivity contribution in [2.75, 3.05) is 26.2 Å². The van der Waals surface area contributed by atoms with Crippen LogP contribution in [0.4, 0.5) is 0 Å². The lowest BCUT2D eigenvalue weighted by Gasteiger charge is -2.34. The van der Waals surface area contributed by atoms with Gasteiger partial charge in [0.15, 0.2) is 0 Å². The second-order valence-corrected chi connectivity index (χ2v) is 8.45. The zero-order valence-electron chi connectivity index (χ0n) is 15.2. The van der Waals surface area contributed by atoms with Gasteiger partial charge in [0.05, 0.1) is 11.4 Å². The van der Waals surface area contributed by atoms with Crippen LogP contribution in [0, 0.1) is 13.8 Å². The summed E-state index contributed by atoms with van der Waals surface area (Å²) >= 11 is 0. The van der Waals surface area contributed by atoms with Gasteiger partial charge in [-0.1, -0.05) is 0 Å². The maximum Gasteiger partial charge on any atom is 0.246 e. The average molecular weight is 379 g/mol. The quantitative estimate of drug-likeness (QED) is 0.815. The van der Waals surface area contributed by atoms with E-state index < -0.39 is 10.0 Å². The molecule has 0 aliphatic carbocycles. The van der Waals surface area contributed by atoms with E-state index in [0.29, 0.717) is 44.0 Å². The molecule has 0 radical (unpaired) electrons. The lowest BCUT2D eigenvalue weighted by molar-refractivity contribution is -0.132. The molecule has 0 saturated carbocycles. The van der Waals surface area contributed by atoms with Crippen LogP contribution in [-0.2, 0) is 21.4 Å². The second-order valence-electron chi connectivity index (χ2n) is 6.57. The van der Waals surface area contributed by atoms with Crippen molar-refractivity contribution in [1.82, 2.24) is 24.0 Å². The fourth-order valence-corrected chi connectivity index (χ4v) is 5.07. The maximum absolute atomic E-state index is 12.8. The number of sulfonamides is 1. The number of aromatic amines is 1. The molecule has 9 heteroatoms. The van der Waals surface area contributed by atoms with Gasteiger partial charge in [0, 0.05) is 51.5 Å². The van der Waals surface area contributed by atoms with Gasteiger partial charge < -0.3 is 9.47 Å². The van der Waals surface area contributed by atoms with Gasteiger partial charge in [-0.15, -0.1) is 0 Å². The van der Waals surface area contributed by atoms with Crippen LogP contribution in [0.15, 0.2) is 29.4 Å². The number of aromatic nitrogens is 3. The number of carbonyl (C=O) groups is 1. The van der Waals surface area contributed by atoms with Gasteiger partial charge in [-0.05, 0) is 32.4 Å². The van der Waals surface area contributed by atoms with E-state index in [1.807, 2.05) is 29.1 Å². The Morgan fingerprint density at radius 3 is 2.38 bits per heavy atom. The zero-order chi connectivity index (χ0) is 18.7. The van der Waals surface area contributed by atoms with E-state index in [0.717, 1.165) is 13.0 Å². The van der Waals surface area contributed by atoms with E-state index in [4.69, 9.17) is 0 Å². The molecule has 0 unspecified atom stereocenters. The van der Waals surface area contributed by atoms with Crippen molar-refractivity contribution in [3.63, 3.8) is 0 Å². The molecular weight excluding hydrogens is 354 g/mol. The van der Waals surface area contributed by atoms with Gasteiger partial charge in [-0.2, -0.15) is 9.40 Å². The third-order valence-corrected chi connectivity index (χ3v) is 6.89. The van der Waals surface area contributed by atoms with E-state index in [-0.39, 0.29) is 10.8 Å². The molecule has 0 spiro atoms. The molecule has 1 amide bonds. The molecule has 1 aliphatic rings. The van der Waals surface area contributed by atoms with Crippen molar-refractivity contribution in [3.05, 3.63) is 35.9 Å². The number of nitrogens with one attached hydrogen (secondary N) is 1. The summed E-state index contributed by atoms with van der Waals surface area (Å²) in [5.41, 5.74) is 1.03. The molecular formula is C17H25N5O3S. The van der Waals surface area contributed by atoms with E-state index >= 15 is 0 Å². The molecule has 0 atom stereocenters. The SMILES string of the molecule is Cc1n[nH]c(C)c1S(=O)(=O)N1CCN(C(=O)CCCn2cccc2)CC1. The largest absolute Gasteiger partial charge is 0.354 e. The normalized spacial score (nSPS) is 16.2. The van der Waals surface area contributed by atoms with Crippen LogP contribution in [0.25, 0.3) is 0 Å². The summed E-state index contributed by atoms with van der Waals surface area (Å²) in [5.74, 6) is 0.0878. The van der Waals surface area contributed by atoms with Crippen molar-refractivity contribution in [2.45, 2.75) is 38.1 Å².